The lowest BCUT2D eigenvalue weighted by atomic mass is 10.1. The van der Waals surface area contributed by atoms with Gasteiger partial charge in [-0.2, -0.15) is 0 Å². The van der Waals surface area contributed by atoms with Crippen molar-refractivity contribution in [3.63, 3.8) is 0 Å². The number of halogens is 1. The van der Waals surface area contributed by atoms with E-state index in [9.17, 15) is 4.79 Å². The van der Waals surface area contributed by atoms with Crippen molar-refractivity contribution in [2.75, 3.05) is 32.7 Å². The second kappa shape index (κ2) is 9.20. The molecule has 29 heavy (non-hydrogen) atoms. The molecule has 3 aromatic rings. The third kappa shape index (κ3) is 5.22. The minimum absolute atomic E-state index is 0.163. The standard InChI is InChI=1S/C22H23ClN4O2/c23-19-8-6-17(7-9-19)16-21(28)27-14-12-26(13-15-27)11-10-20-24-25-22(29-20)18-4-2-1-3-5-18/h1-9H,10-16H2. The molecule has 7 heteroatoms. The molecular formula is C22H23ClN4O2. The van der Waals surface area contributed by atoms with E-state index in [2.05, 4.69) is 15.1 Å². The van der Waals surface area contributed by atoms with Gasteiger partial charge in [0, 0.05) is 49.7 Å². The molecule has 0 bridgehead atoms. The Balaban J connectivity index is 1.22. The fourth-order valence-electron chi connectivity index (χ4n) is 3.42. The summed E-state index contributed by atoms with van der Waals surface area (Å²) in [6, 6.07) is 17.2. The molecule has 2 heterocycles. The smallest absolute Gasteiger partial charge is 0.247 e. The molecule has 4 rings (SSSR count). The molecule has 1 saturated heterocycles. The van der Waals surface area contributed by atoms with Gasteiger partial charge in [0.25, 0.3) is 0 Å². The van der Waals surface area contributed by atoms with E-state index < -0.39 is 0 Å². The molecule has 0 atom stereocenters. The maximum absolute atomic E-state index is 12.5. The van der Waals surface area contributed by atoms with Crippen LogP contribution in [0.1, 0.15) is 11.5 Å². The first-order chi connectivity index (χ1) is 14.2. The summed E-state index contributed by atoms with van der Waals surface area (Å²) < 4.78 is 5.77. The summed E-state index contributed by atoms with van der Waals surface area (Å²) >= 11 is 5.90. The highest BCUT2D eigenvalue weighted by molar-refractivity contribution is 6.30. The molecule has 1 aliphatic heterocycles. The quantitative estimate of drug-likeness (QED) is 0.623. The van der Waals surface area contributed by atoms with E-state index in [0.29, 0.717) is 29.6 Å². The SMILES string of the molecule is O=C(Cc1ccc(Cl)cc1)N1CCN(CCc2nnc(-c3ccccc3)o2)CC1. The van der Waals surface area contributed by atoms with Crippen molar-refractivity contribution >= 4 is 17.5 Å². The molecule has 1 fully saturated rings. The van der Waals surface area contributed by atoms with Gasteiger partial charge in [0.15, 0.2) is 0 Å². The van der Waals surface area contributed by atoms with Crippen molar-refractivity contribution in [2.24, 2.45) is 0 Å². The number of nitrogens with zero attached hydrogens (tertiary/aromatic N) is 4. The molecule has 1 aliphatic rings. The first kappa shape index (κ1) is 19.6. The molecule has 0 unspecified atom stereocenters. The van der Waals surface area contributed by atoms with Crippen LogP contribution in [-0.4, -0.2) is 58.6 Å². The summed E-state index contributed by atoms with van der Waals surface area (Å²) in [4.78, 5) is 16.8. The van der Waals surface area contributed by atoms with Gasteiger partial charge >= 0.3 is 0 Å². The Labute approximate surface area is 175 Å². The van der Waals surface area contributed by atoms with Crippen LogP contribution in [0.3, 0.4) is 0 Å². The van der Waals surface area contributed by atoms with Crippen molar-refractivity contribution < 1.29 is 9.21 Å². The molecule has 1 amide bonds. The predicted molar refractivity (Wildman–Crippen MR) is 112 cm³/mol. The Morgan fingerprint density at radius 2 is 1.69 bits per heavy atom. The lowest BCUT2D eigenvalue weighted by molar-refractivity contribution is -0.132. The van der Waals surface area contributed by atoms with Crippen molar-refractivity contribution in [3.05, 3.63) is 71.1 Å². The van der Waals surface area contributed by atoms with E-state index in [0.717, 1.165) is 43.9 Å². The lowest BCUT2D eigenvalue weighted by Gasteiger charge is -2.34. The summed E-state index contributed by atoms with van der Waals surface area (Å²) in [6.45, 7) is 4.03. The number of piperazine rings is 1. The van der Waals surface area contributed by atoms with Gasteiger partial charge in [-0.3, -0.25) is 9.69 Å². The molecule has 0 saturated carbocycles. The highest BCUT2D eigenvalue weighted by Gasteiger charge is 2.21. The molecule has 0 aliphatic carbocycles. The number of rotatable bonds is 6. The third-order valence-corrected chi connectivity index (χ3v) is 5.38. The Kier molecular flexibility index (Phi) is 6.22. The average molecular weight is 411 g/mol. The molecule has 0 spiro atoms. The van der Waals surface area contributed by atoms with Crippen LogP contribution in [0.15, 0.2) is 59.0 Å². The van der Waals surface area contributed by atoms with Gasteiger partial charge < -0.3 is 9.32 Å². The lowest BCUT2D eigenvalue weighted by Crippen LogP contribution is -2.49. The summed E-state index contributed by atoms with van der Waals surface area (Å²) in [5, 5.41) is 8.98. The summed E-state index contributed by atoms with van der Waals surface area (Å²) in [5.41, 5.74) is 1.92. The Hall–Kier alpha value is -2.70. The van der Waals surface area contributed by atoms with Gasteiger partial charge in [0.05, 0.1) is 6.42 Å². The summed E-state index contributed by atoms with van der Waals surface area (Å²) in [7, 11) is 0. The second-order valence-corrected chi connectivity index (χ2v) is 7.58. The van der Waals surface area contributed by atoms with Crippen molar-refractivity contribution in [2.45, 2.75) is 12.8 Å². The van der Waals surface area contributed by atoms with Gasteiger partial charge in [0.1, 0.15) is 0 Å². The fourth-order valence-corrected chi connectivity index (χ4v) is 3.54. The number of hydrogen-bond acceptors (Lipinski definition) is 5. The molecule has 0 radical (unpaired) electrons. The van der Waals surface area contributed by atoms with Crippen LogP contribution in [0, 0.1) is 0 Å². The summed E-state index contributed by atoms with van der Waals surface area (Å²) in [6.07, 6.45) is 1.12. The van der Waals surface area contributed by atoms with E-state index >= 15 is 0 Å². The predicted octanol–water partition coefficient (Wildman–Crippen LogP) is 3.32. The van der Waals surface area contributed by atoms with Crippen LogP contribution in [-0.2, 0) is 17.6 Å². The van der Waals surface area contributed by atoms with Gasteiger partial charge in [-0.1, -0.05) is 41.9 Å². The monoisotopic (exact) mass is 410 g/mol. The number of carbonyl (C=O) groups is 1. The number of aromatic nitrogens is 2. The van der Waals surface area contributed by atoms with Crippen LogP contribution in [0.2, 0.25) is 5.02 Å². The topological polar surface area (TPSA) is 62.5 Å². The Morgan fingerprint density at radius 1 is 0.966 bits per heavy atom. The highest BCUT2D eigenvalue weighted by Crippen LogP contribution is 2.17. The van der Waals surface area contributed by atoms with Crippen LogP contribution in [0.5, 0.6) is 0 Å². The molecule has 1 aromatic heterocycles. The zero-order valence-electron chi connectivity index (χ0n) is 16.1. The van der Waals surface area contributed by atoms with Crippen LogP contribution in [0.25, 0.3) is 11.5 Å². The number of amides is 1. The van der Waals surface area contributed by atoms with E-state index in [4.69, 9.17) is 16.0 Å². The first-order valence-corrected chi connectivity index (χ1v) is 10.2. The van der Waals surface area contributed by atoms with Crippen molar-refractivity contribution in [1.29, 1.82) is 0 Å². The van der Waals surface area contributed by atoms with E-state index in [1.165, 1.54) is 0 Å². The van der Waals surface area contributed by atoms with Gasteiger partial charge in [0.2, 0.25) is 17.7 Å². The van der Waals surface area contributed by atoms with Gasteiger partial charge in [-0.05, 0) is 29.8 Å². The minimum Gasteiger partial charge on any atom is -0.421 e. The van der Waals surface area contributed by atoms with Crippen LogP contribution in [0.4, 0.5) is 0 Å². The number of carbonyl (C=O) groups excluding carboxylic acids is 1. The molecule has 2 aromatic carbocycles. The minimum atomic E-state index is 0.163. The molecule has 6 nitrogen and oxygen atoms in total. The zero-order chi connectivity index (χ0) is 20.1. The zero-order valence-corrected chi connectivity index (χ0v) is 16.9. The maximum Gasteiger partial charge on any atom is 0.247 e. The first-order valence-electron chi connectivity index (χ1n) is 9.80. The fraction of sp³-hybridized carbons (Fsp3) is 0.318. The van der Waals surface area contributed by atoms with Crippen molar-refractivity contribution in [1.82, 2.24) is 20.0 Å². The van der Waals surface area contributed by atoms with Crippen molar-refractivity contribution in [3.8, 4) is 11.5 Å². The number of benzene rings is 2. The van der Waals surface area contributed by atoms with Crippen LogP contribution < -0.4 is 0 Å². The molecule has 150 valence electrons. The normalized spacial score (nSPS) is 14.9. The summed E-state index contributed by atoms with van der Waals surface area (Å²) in [5.74, 6) is 1.36. The van der Waals surface area contributed by atoms with Gasteiger partial charge in [-0.15, -0.1) is 10.2 Å². The molecule has 0 N–H and O–H groups in total. The van der Waals surface area contributed by atoms with Crippen LogP contribution >= 0.6 is 11.6 Å². The van der Waals surface area contributed by atoms with E-state index in [-0.39, 0.29) is 5.91 Å². The Morgan fingerprint density at radius 3 is 2.41 bits per heavy atom. The van der Waals surface area contributed by atoms with Gasteiger partial charge in [-0.25, -0.2) is 0 Å². The Bertz CT molecular complexity index is 935. The average Bonchev–Trinajstić information content (AvgIpc) is 3.24. The van der Waals surface area contributed by atoms with E-state index in [1.807, 2.05) is 59.5 Å². The maximum atomic E-state index is 12.5. The highest BCUT2D eigenvalue weighted by atomic mass is 35.5. The second-order valence-electron chi connectivity index (χ2n) is 7.14. The molecular weight excluding hydrogens is 388 g/mol. The van der Waals surface area contributed by atoms with E-state index in [1.54, 1.807) is 0 Å². The number of hydrogen-bond donors (Lipinski definition) is 0. The third-order valence-electron chi connectivity index (χ3n) is 5.12. The largest absolute Gasteiger partial charge is 0.421 e.